The zero-order valence-corrected chi connectivity index (χ0v) is 18.9. The summed E-state index contributed by atoms with van der Waals surface area (Å²) in [4.78, 5) is 70.4. The second-order valence-electron chi connectivity index (χ2n) is 7.49. The molecule has 182 valence electrons. The molecule has 32 heavy (non-hydrogen) atoms. The average Bonchev–Trinajstić information content (AvgIpc) is 2.69. The van der Waals surface area contributed by atoms with Gasteiger partial charge in [0.1, 0.15) is 18.1 Å². The van der Waals surface area contributed by atoms with E-state index in [0.717, 1.165) is 0 Å². The van der Waals surface area contributed by atoms with Crippen molar-refractivity contribution in [1.29, 1.82) is 0 Å². The van der Waals surface area contributed by atoms with Gasteiger partial charge in [-0.25, -0.2) is 4.79 Å². The summed E-state index contributed by atoms with van der Waals surface area (Å²) in [5, 5.41) is 16.3. The van der Waals surface area contributed by atoms with Gasteiger partial charge in [0, 0.05) is 18.6 Å². The molecule has 0 heterocycles. The third-order valence-corrected chi connectivity index (χ3v) is 4.76. The number of rotatable bonds is 15. The SMILES string of the molecule is CC(C)C(NC(=O)C(N)CCC(N)=O)C(=O)NC(CS)C(=O)NC(CCC(N)=O)C(=O)O. The largest absolute Gasteiger partial charge is 0.480 e. The molecule has 0 saturated carbocycles. The number of nitrogens with two attached hydrogens (primary N) is 3. The molecule has 0 fully saturated rings. The number of carbonyl (C=O) groups excluding carboxylic acids is 5. The summed E-state index contributed by atoms with van der Waals surface area (Å²) < 4.78 is 0. The van der Waals surface area contributed by atoms with Gasteiger partial charge in [-0.1, -0.05) is 13.8 Å². The molecular formula is C18H32N6O7S. The monoisotopic (exact) mass is 476 g/mol. The van der Waals surface area contributed by atoms with Gasteiger partial charge in [0.2, 0.25) is 29.5 Å². The second-order valence-corrected chi connectivity index (χ2v) is 7.86. The minimum Gasteiger partial charge on any atom is -0.480 e. The molecule has 5 amide bonds. The number of aliphatic carboxylic acids is 1. The fraction of sp³-hybridized carbons (Fsp3) is 0.667. The van der Waals surface area contributed by atoms with Gasteiger partial charge in [-0.2, -0.15) is 12.6 Å². The Bertz CT molecular complexity index is 718. The van der Waals surface area contributed by atoms with E-state index in [4.69, 9.17) is 17.2 Å². The highest BCUT2D eigenvalue weighted by atomic mass is 32.1. The van der Waals surface area contributed by atoms with Crippen LogP contribution in [0.25, 0.3) is 0 Å². The van der Waals surface area contributed by atoms with Gasteiger partial charge < -0.3 is 38.3 Å². The molecular weight excluding hydrogens is 444 g/mol. The zero-order valence-electron chi connectivity index (χ0n) is 18.0. The maximum absolute atomic E-state index is 12.7. The smallest absolute Gasteiger partial charge is 0.326 e. The van der Waals surface area contributed by atoms with Gasteiger partial charge >= 0.3 is 5.97 Å². The molecule has 0 saturated heterocycles. The summed E-state index contributed by atoms with van der Waals surface area (Å²) in [6, 6.07) is -4.74. The molecule has 0 bridgehead atoms. The van der Waals surface area contributed by atoms with E-state index in [-0.39, 0.29) is 31.4 Å². The molecule has 10 N–H and O–H groups in total. The van der Waals surface area contributed by atoms with Crippen molar-refractivity contribution in [1.82, 2.24) is 16.0 Å². The number of hydrogen-bond donors (Lipinski definition) is 8. The first-order valence-electron chi connectivity index (χ1n) is 9.87. The topological polar surface area (TPSA) is 237 Å². The van der Waals surface area contributed by atoms with Crippen molar-refractivity contribution in [2.75, 3.05) is 5.75 Å². The predicted molar refractivity (Wildman–Crippen MR) is 117 cm³/mol. The molecule has 13 nitrogen and oxygen atoms in total. The molecule has 14 heteroatoms. The second kappa shape index (κ2) is 14.2. The van der Waals surface area contributed by atoms with Gasteiger partial charge in [0.05, 0.1) is 6.04 Å². The van der Waals surface area contributed by atoms with E-state index in [0.29, 0.717) is 0 Å². The quantitative estimate of drug-likeness (QED) is 0.113. The summed E-state index contributed by atoms with van der Waals surface area (Å²) in [5.41, 5.74) is 15.7. The van der Waals surface area contributed by atoms with Crippen molar-refractivity contribution in [2.24, 2.45) is 23.1 Å². The highest BCUT2D eigenvalue weighted by Gasteiger charge is 2.31. The van der Waals surface area contributed by atoms with Crippen molar-refractivity contribution in [2.45, 2.75) is 63.7 Å². The van der Waals surface area contributed by atoms with Crippen LogP contribution in [-0.2, 0) is 28.8 Å². The van der Waals surface area contributed by atoms with Gasteiger partial charge in [-0.3, -0.25) is 24.0 Å². The van der Waals surface area contributed by atoms with E-state index in [9.17, 15) is 33.9 Å². The van der Waals surface area contributed by atoms with E-state index >= 15 is 0 Å². The highest BCUT2D eigenvalue weighted by Crippen LogP contribution is 2.06. The summed E-state index contributed by atoms with van der Waals surface area (Å²) in [6.07, 6.45) is -0.587. The van der Waals surface area contributed by atoms with E-state index in [1.807, 2.05) is 0 Å². The number of amides is 5. The Hall–Kier alpha value is -2.87. The molecule has 0 aromatic heterocycles. The van der Waals surface area contributed by atoms with Crippen LogP contribution in [0.15, 0.2) is 0 Å². The third-order valence-electron chi connectivity index (χ3n) is 4.39. The van der Waals surface area contributed by atoms with Crippen LogP contribution in [-0.4, -0.2) is 70.5 Å². The lowest BCUT2D eigenvalue weighted by Crippen LogP contribution is -2.59. The Balaban J connectivity index is 5.14. The van der Waals surface area contributed by atoms with E-state index < -0.39 is 65.6 Å². The van der Waals surface area contributed by atoms with Gasteiger partial charge in [-0.05, 0) is 18.8 Å². The van der Waals surface area contributed by atoms with Gasteiger partial charge in [0.25, 0.3) is 0 Å². The Morgan fingerprint density at radius 1 is 0.812 bits per heavy atom. The fourth-order valence-electron chi connectivity index (χ4n) is 2.50. The minimum absolute atomic E-state index is 0.00283. The lowest BCUT2D eigenvalue weighted by molar-refractivity contribution is -0.142. The standard InChI is InChI=1S/C18H32N6O7S/c1-8(2)14(24-15(27)9(19)3-5-12(20)25)17(29)23-11(7-32)16(28)22-10(18(30)31)4-6-13(21)26/h8-11,14,32H,3-7,19H2,1-2H3,(H2,20,25)(H2,21,26)(H,22,28)(H,23,29)(H,24,27)(H,30,31). The summed E-state index contributed by atoms with van der Waals surface area (Å²) >= 11 is 4.01. The van der Waals surface area contributed by atoms with Crippen LogP contribution in [0, 0.1) is 5.92 Å². The van der Waals surface area contributed by atoms with Crippen molar-refractivity contribution in [3.05, 3.63) is 0 Å². The van der Waals surface area contributed by atoms with Crippen molar-refractivity contribution in [3.63, 3.8) is 0 Å². The lowest BCUT2D eigenvalue weighted by Gasteiger charge is -2.26. The third kappa shape index (κ3) is 10.9. The Morgan fingerprint density at radius 3 is 1.75 bits per heavy atom. The maximum atomic E-state index is 12.7. The van der Waals surface area contributed by atoms with Crippen LogP contribution in [0.3, 0.4) is 0 Å². The normalized spacial score (nSPS) is 14.5. The first-order chi connectivity index (χ1) is 14.8. The predicted octanol–water partition coefficient (Wildman–Crippen LogP) is -3.03. The molecule has 0 rings (SSSR count). The van der Waals surface area contributed by atoms with Gasteiger partial charge in [0.15, 0.2) is 0 Å². The van der Waals surface area contributed by atoms with Crippen LogP contribution in [0.2, 0.25) is 0 Å². The van der Waals surface area contributed by atoms with Crippen LogP contribution >= 0.6 is 12.6 Å². The van der Waals surface area contributed by atoms with E-state index in [1.54, 1.807) is 13.8 Å². The van der Waals surface area contributed by atoms with Crippen LogP contribution < -0.4 is 33.2 Å². The number of primary amides is 2. The molecule has 0 spiro atoms. The first kappa shape index (κ1) is 29.1. The number of carbonyl (C=O) groups is 6. The molecule has 0 aliphatic heterocycles. The number of carboxylic acids is 1. The summed E-state index contributed by atoms with van der Waals surface area (Å²) in [6.45, 7) is 3.30. The highest BCUT2D eigenvalue weighted by molar-refractivity contribution is 7.80. The molecule has 0 aromatic rings. The number of carboxylic acid groups (broad SMARTS) is 1. The first-order valence-corrected chi connectivity index (χ1v) is 10.5. The fourth-order valence-corrected chi connectivity index (χ4v) is 2.75. The Labute approximate surface area is 191 Å². The molecule has 0 aromatic carbocycles. The zero-order chi connectivity index (χ0) is 25.0. The maximum Gasteiger partial charge on any atom is 0.326 e. The number of thiol groups is 1. The Morgan fingerprint density at radius 2 is 1.31 bits per heavy atom. The summed E-state index contributed by atoms with van der Waals surface area (Å²) in [5.74, 6) is -5.51. The summed E-state index contributed by atoms with van der Waals surface area (Å²) in [7, 11) is 0. The van der Waals surface area contributed by atoms with E-state index in [1.165, 1.54) is 0 Å². The van der Waals surface area contributed by atoms with Crippen molar-refractivity contribution < 1.29 is 33.9 Å². The lowest BCUT2D eigenvalue weighted by atomic mass is 10.0. The minimum atomic E-state index is -1.39. The van der Waals surface area contributed by atoms with Crippen LogP contribution in [0.4, 0.5) is 0 Å². The van der Waals surface area contributed by atoms with Crippen LogP contribution in [0.5, 0.6) is 0 Å². The molecule has 0 radical (unpaired) electrons. The van der Waals surface area contributed by atoms with Crippen molar-refractivity contribution in [3.8, 4) is 0 Å². The number of hydrogen-bond acceptors (Lipinski definition) is 8. The molecule has 4 unspecified atom stereocenters. The van der Waals surface area contributed by atoms with Gasteiger partial charge in [-0.15, -0.1) is 0 Å². The van der Waals surface area contributed by atoms with E-state index in [2.05, 4.69) is 28.6 Å². The van der Waals surface area contributed by atoms with Crippen LogP contribution in [0.1, 0.15) is 39.5 Å². The molecule has 4 atom stereocenters. The number of nitrogens with one attached hydrogen (secondary N) is 3. The van der Waals surface area contributed by atoms with Crippen molar-refractivity contribution >= 4 is 48.1 Å². The molecule has 0 aliphatic carbocycles. The molecule has 0 aliphatic rings. The average molecular weight is 477 g/mol. The Kier molecular flexibility index (Phi) is 13.0.